The van der Waals surface area contributed by atoms with Gasteiger partial charge in [0.15, 0.2) is 0 Å². The molecule has 2 aliphatic carbocycles. The van der Waals surface area contributed by atoms with Crippen LogP contribution in [0.4, 0.5) is 0 Å². The normalized spacial score (nSPS) is 20.0. The molecule has 2 atom stereocenters. The van der Waals surface area contributed by atoms with Crippen LogP contribution < -0.4 is 10.3 Å². The van der Waals surface area contributed by atoms with Gasteiger partial charge in [0.1, 0.15) is 0 Å². The van der Waals surface area contributed by atoms with E-state index in [2.05, 4.69) is 10.3 Å². The molecule has 0 spiro atoms. The van der Waals surface area contributed by atoms with Crippen LogP contribution in [0.25, 0.3) is 0 Å². The molecule has 0 bridgehead atoms. The van der Waals surface area contributed by atoms with Gasteiger partial charge in [0.05, 0.1) is 17.0 Å². The quantitative estimate of drug-likeness (QED) is 0.658. The molecule has 3 N–H and O–H groups in total. The van der Waals surface area contributed by atoms with E-state index in [-0.39, 0.29) is 16.7 Å². The van der Waals surface area contributed by atoms with Crippen molar-refractivity contribution in [3.63, 3.8) is 0 Å². The summed E-state index contributed by atoms with van der Waals surface area (Å²) in [5.74, 6) is -0.244. The van der Waals surface area contributed by atoms with Gasteiger partial charge in [0.2, 0.25) is 0 Å². The summed E-state index contributed by atoms with van der Waals surface area (Å²) in [6, 6.07) is 7.64. The third-order valence-corrected chi connectivity index (χ3v) is 5.43. The molecule has 24 heavy (non-hydrogen) atoms. The van der Waals surface area contributed by atoms with Crippen molar-refractivity contribution in [2.45, 2.75) is 17.0 Å². The maximum Gasteiger partial charge on any atom is 0.253 e. The highest BCUT2D eigenvalue weighted by atomic mass is 32.2. The standard InChI is InChI=1S/C18H20N2O3S/c21-18(15-10-6-7-11-15)17(14-8-4-5-9-14)19-20-24(22,23)16-12-2-1-3-13-16/h1-15,17-21H/t17-,18+/m1/s1. The van der Waals surface area contributed by atoms with Crippen LogP contribution in [0.3, 0.4) is 0 Å². The Balaban J connectivity index is 1.74. The topological polar surface area (TPSA) is 78.4 Å². The second-order valence-electron chi connectivity index (χ2n) is 5.77. The average molecular weight is 344 g/mol. The first-order valence-corrected chi connectivity index (χ1v) is 9.27. The second-order valence-corrected chi connectivity index (χ2v) is 7.46. The van der Waals surface area contributed by atoms with Crippen LogP contribution in [0.5, 0.6) is 0 Å². The Morgan fingerprint density at radius 2 is 1.42 bits per heavy atom. The van der Waals surface area contributed by atoms with Crippen LogP contribution >= 0.6 is 0 Å². The molecule has 0 aliphatic heterocycles. The lowest BCUT2D eigenvalue weighted by molar-refractivity contribution is 0.0911. The van der Waals surface area contributed by atoms with E-state index in [4.69, 9.17) is 0 Å². The van der Waals surface area contributed by atoms with Crippen molar-refractivity contribution in [2.75, 3.05) is 0 Å². The maximum atomic E-state index is 12.4. The highest BCUT2D eigenvalue weighted by Crippen LogP contribution is 2.24. The Hall–Kier alpha value is -1.99. The van der Waals surface area contributed by atoms with Gasteiger partial charge in [-0.15, -0.1) is 4.83 Å². The number of hydrogen-bond acceptors (Lipinski definition) is 4. The van der Waals surface area contributed by atoms with Crippen molar-refractivity contribution >= 4 is 10.0 Å². The minimum atomic E-state index is -3.70. The van der Waals surface area contributed by atoms with E-state index in [1.807, 2.05) is 48.6 Å². The van der Waals surface area contributed by atoms with Crippen molar-refractivity contribution in [3.05, 3.63) is 78.9 Å². The molecule has 0 aromatic heterocycles. The molecule has 0 saturated heterocycles. The fraction of sp³-hybridized carbons (Fsp3) is 0.222. The van der Waals surface area contributed by atoms with Crippen LogP contribution in [-0.4, -0.2) is 25.7 Å². The summed E-state index contributed by atoms with van der Waals surface area (Å²) in [7, 11) is -3.70. The number of sulfonamides is 1. The zero-order valence-electron chi connectivity index (χ0n) is 13.0. The van der Waals surface area contributed by atoms with Crippen molar-refractivity contribution in [3.8, 4) is 0 Å². The van der Waals surface area contributed by atoms with Crippen LogP contribution in [0, 0.1) is 11.8 Å². The van der Waals surface area contributed by atoms with Gasteiger partial charge in [-0.25, -0.2) is 13.8 Å². The second kappa shape index (κ2) is 7.27. The average Bonchev–Trinajstić information content (AvgIpc) is 3.29. The lowest BCUT2D eigenvalue weighted by atomic mass is 9.89. The summed E-state index contributed by atoms with van der Waals surface area (Å²) < 4.78 is 24.8. The molecule has 1 aromatic rings. The number of rotatable bonds is 7. The lowest BCUT2D eigenvalue weighted by Crippen LogP contribution is -2.53. The van der Waals surface area contributed by atoms with Gasteiger partial charge < -0.3 is 5.11 Å². The summed E-state index contributed by atoms with van der Waals surface area (Å²) in [5.41, 5.74) is 2.82. The largest absolute Gasteiger partial charge is 0.390 e. The molecule has 0 radical (unpaired) electrons. The Bertz CT molecular complexity index is 758. The number of hydrazine groups is 1. The van der Waals surface area contributed by atoms with E-state index in [9.17, 15) is 13.5 Å². The van der Waals surface area contributed by atoms with Crippen LogP contribution in [0.2, 0.25) is 0 Å². The van der Waals surface area contributed by atoms with Gasteiger partial charge in [-0.3, -0.25) is 0 Å². The molecule has 0 amide bonds. The van der Waals surface area contributed by atoms with Gasteiger partial charge in [-0.2, -0.15) is 0 Å². The van der Waals surface area contributed by atoms with E-state index >= 15 is 0 Å². The molecule has 0 saturated carbocycles. The monoisotopic (exact) mass is 344 g/mol. The molecule has 6 heteroatoms. The van der Waals surface area contributed by atoms with Crippen LogP contribution in [0.15, 0.2) is 83.8 Å². The molecule has 0 fully saturated rings. The third kappa shape index (κ3) is 3.73. The van der Waals surface area contributed by atoms with E-state index < -0.39 is 22.2 Å². The third-order valence-electron chi connectivity index (χ3n) is 4.15. The Kier molecular flexibility index (Phi) is 5.11. The summed E-state index contributed by atoms with van der Waals surface area (Å²) in [5, 5.41) is 10.7. The number of aliphatic hydroxyl groups is 1. The van der Waals surface area contributed by atoms with E-state index in [1.165, 1.54) is 12.1 Å². The summed E-state index contributed by atoms with van der Waals surface area (Å²) in [4.78, 5) is 2.57. The zero-order chi connectivity index (χ0) is 17.0. The molecule has 1 aromatic carbocycles. The van der Waals surface area contributed by atoms with Gasteiger partial charge in [-0.1, -0.05) is 66.8 Å². The molecule has 0 heterocycles. The fourth-order valence-corrected chi connectivity index (χ4v) is 3.74. The number of hydrogen-bond donors (Lipinski definition) is 3. The SMILES string of the molecule is O=S(=O)(NN[C@H](C1C=CC=C1)[C@@H](O)C1C=CC=C1)c1ccccc1. The first kappa shape index (κ1) is 16.9. The van der Waals surface area contributed by atoms with E-state index in [0.29, 0.717) is 0 Å². The smallest absolute Gasteiger partial charge is 0.253 e. The number of nitrogens with one attached hydrogen (secondary N) is 2. The molecule has 0 unspecified atom stereocenters. The molecule has 5 nitrogen and oxygen atoms in total. The fourth-order valence-electron chi connectivity index (χ4n) is 2.82. The predicted octanol–water partition coefficient (Wildman–Crippen LogP) is 1.68. The molecule has 2 aliphatic rings. The Labute approximate surface area is 142 Å². The first-order valence-electron chi connectivity index (χ1n) is 7.78. The number of benzene rings is 1. The van der Waals surface area contributed by atoms with Gasteiger partial charge in [-0.05, 0) is 12.1 Å². The van der Waals surface area contributed by atoms with Gasteiger partial charge >= 0.3 is 0 Å². The molecular weight excluding hydrogens is 324 g/mol. The van der Waals surface area contributed by atoms with Crippen molar-refractivity contribution in [1.29, 1.82) is 0 Å². The number of aliphatic hydroxyl groups excluding tert-OH is 1. The summed E-state index contributed by atoms with van der Waals surface area (Å²) >= 11 is 0. The lowest BCUT2D eigenvalue weighted by Gasteiger charge is -2.30. The van der Waals surface area contributed by atoms with Crippen molar-refractivity contribution in [2.24, 2.45) is 11.8 Å². The molecular formula is C18H20N2O3S. The van der Waals surface area contributed by atoms with Gasteiger partial charge in [0, 0.05) is 11.8 Å². The minimum absolute atomic E-state index is 0.0964. The highest BCUT2D eigenvalue weighted by Gasteiger charge is 2.31. The van der Waals surface area contributed by atoms with Crippen LogP contribution in [0.1, 0.15) is 0 Å². The first-order chi connectivity index (χ1) is 11.6. The number of allylic oxidation sites excluding steroid dienone is 4. The highest BCUT2D eigenvalue weighted by molar-refractivity contribution is 7.89. The van der Waals surface area contributed by atoms with Crippen molar-refractivity contribution < 1.29 is 13.5 Å². The van der Waals surface area contributed by atoms with Crippen LogP contribution in [-0.2, 0) is 10.0 Å². The van der Waals surface area contributed by atoms with Gasteiger partial charge in [0.25, 0.3) is 10.0 Å². The Morgan fingerprint density at radius 1 is 0.875 bits per heavy atom. The molecule has 126 valence electrons. The maximum absolute atomic E-state index is 12.4. The Morgan fingerprint density at radius 3 is 2.00 bits per heavy atom. The zero-order valence-corrected chi connectivity index (χ0v) is 13.8. The summed E-state index contributed by atoms with van der Waals surface area (Å²) in [6.07, 6.45) is 14.4. The van der Waals surface area contributed by atoms with Crippen molar-refractivity contribution in [1.82, 2.24) is 10.3 Å². The van der Waals surface area contributed by atoms with E-state index in [0.717, 1.165) is 0 Å². The predicted molar refractivity (Wildman–Crippen MR) is 93.2 cm³/mol. The molecule has 3 rings (SSSR count). The van der Waals surface area contributed by atoms with E-state index in [1.54, 1.807) is 18.2 Å². The minimum Gasteiger partial charge on any atom is -0.390 e. The summed E-state index contributed by atoms with van der Waals surface area (Å²) in [6.45, 7) is 0.